The molecule has 0 heterocycles. The Hall–Kier alpha value is -0.810. The average Bonchev–Trinajstić information content (AvgIpc) is 2.31. The molecule has 0 aromatic heterocycles. The summed E-state index contributed by atoms with van der Waals surface area (Å²) in [5.41, 5.74) is 5.26. The molecule has 5 nitrogen and oxygen atoms in total. The number of carbonyl (C=O) groups excluding carboxylic acids is 2. The Morgan fingerprint density at radius 3 is 2.19 bits per heavy atom. The number of amides is 2. The molecule has 6 heteroatoms. The molecule has 2 amide bonds. The van der Waals surface area contributed by atoms with E-state index in [0.717, 1.165) is 6.42 Å². The van der Waals surface area contributed by atoms with E-state index in [1.54, 1.807) is 0 Å². The number of nitrogens with one attached hydrogen (secondary N) is 2. The summed E-state index contributed by atoms with van der Waals surface area (Å²) in [6, 6.07) is 0.0478. The van der Waals surface area contributed by atoms with Crippen LogP contribution in [0.25, 0.3) is 0 Å². The molecule has 0 aromatic carbocycles. The van der Waals surface area contributed by atoms with Gasteiger partial charge in [0.15, 0.2) is 0 Å². The molecule has 0 aromatic rings. The standard InChI is InChI=1S/C15H31N3O2.ClH/c1-11(2)9-12(10-16)18-13(19)7-6-8-17-14(20)15(3,4)5;/h11-12H,6-10,16H2,1-5H3,(H,17,20)(H,18,19);1H. The summed E-state index contributed by atoms with van der Waals surface area (Å²) >= 11 is 0. The first-order valence-electron chi connectivity index (χ1n) is 7.44. The SMILES string of the molecule is CC(C)CC(CN)NC(=O)CCCNC(=O)C(C)(C)C.Cl. The van der Waals surface area contributed by atoms with Crippen LogP contribution in [0.2, 0.25) is 0 Å². The first-order valence-corrected chi connectivity index (χ1v) is 7.44. The zero-order valence-corrected chi connectivity index (χ0v) is 14.8. The second-order valence-electron chi connectivity index (χ2n) is 6.74. The third kappa shape index (κ3) is 11.5. The average molecular weight is 322 g/mol. The molecule has 0 aliphatic heterocycles. The van der Waals surface area contributed by atoms with E-state index < -0.39 is 0 Å². The van der Waals surface area contributed by atoms with Gasteiger partial charge in [0.25, 0.3) is 0 Å². The highest BCUT2D eigenvalue weighted by Gasteiger charge is 2.20. The van der Waals surface area contributed by atoms with Crippen molar-refractivity contribution in [2.24, 2.45) is 17.1 Å². The van der Waals surface area contributed by atoms with Crippen molar-refractivity contribution in [2.45, 2.75) is 59.9 Å². The van der Waals surface area contributed by atoms with Crippen molar-refractivity contribution >= 4 is 24.2 Å². The van der Waals surface area contributed by atoms with Crippen molar-refractivity contribution in [1.82, 2.24) is 10.6 Å². The minimum absolute atomic E-state index is 0. The first kappa shape index (κ1) is 22.5. The van der Waals surface area contributed by atoms with Crippen molar-refractivity contribution in [2.75, 3.05) is 13.1 Å². The Morgan fingerprint density at radius 1 is 1.19 bits per heavy atom. The number of nitrogens with two attached hydrogens (primary N) is 1. The number of hydrogen-bond acceptors (Lipinski definition) is 3. The minimum Gasteiger partial charge on any atom is -0.356 e. The normalized spacial score (nSPS) is 12.5. The summed E-state index contributed by atoms with van der Waals surface area (Å²) in [5.74, 6) is 0.526. The molecule has 4 N–H and O–H groups in total. The van der Waals surface area contributed by atoms with Crippen LogP contribution in [0, 0.1) is 11.3 Å². The Labute approximate surface area is 135 Å². The molecule has 0 fully saturated rings. The van der Waals surface area contributed by atoms with E-state index in [0.29, 0.717) is 31.8 Å². The summed E-state index contributed by atoms with van der Waals surface area (Å²) in [5, 5.41) is 5.77. The highest BCUT2D eigenvalue weighted by atomic mass is 35.5. The Balaban J connectivity index is 0. The third-order valence-corrected chi connectivity index (χ3v) is 2.95. The van der Waals surface area contributed by atoms with Crippen LogP contribution in [0.4, 0.5) is 0 Å². The molecule has 0 spiro atoms. The van der Waals surface area contributed by atoms with Gasteiger partial charge in [0.05, 0.1) is 0 Å². The van der Waals surface area contributed by atoms with E-state index in [9.17, 15) is 9.59 Å². The number of halogens is 1. The lowest BCUT2D eigenvalue weighted by Gasteiger charge is -2.19. The lowest BCUT2D eigenvalue weighted by molar-refractivity contribution is -0.128. The lowest BCUT2D eigenvalue weighted by Crippen LogP contribution is -2.41. The maximum Gasteiger partial charge on any atom is 0.225 e. The number of hydrogen-bond donors (Lipinski definition) is 3. The molecular weight excluding hydrogens is 290 g/mol. The van der Waals surface area contributed by atoms with Crippen LogP contribution < -0.4 is 16.4 Å². The highest BCUT2D eigenvalue weighted by molar-refractivity contribution is 5.85. The maximum absolute atomic E-state index is 11.8. The molecule has 0 aliphatic rings. The zero-order valence-electron chi connectivity index (χ0n) is 14.0. The first-order chi connectivity index (χ1) is 9.16. The van der Waals surface area contributed by atoms with Gasteiger partial charge in [0.2, 0.25) is 11.8 Å². The van der Waals surface area contributed by atoms with Crippen LogP contribution in [0.3, 0.4) is 0 Å². The summed E-state index contributed by atoms with van der Waals surface area (Å²) in [7, 11) is 0. The summed E-state index contributed by atoms with van der Waals surface area (Å²) < 4.78 is 0. The zero-order chi connectivity index (χ0) is 15.8. The Morgan fingerprint density at radius 2 is 1.76 bits per heavy atom. The smallest absolute Gasteiger partial charge is 0.225 e. The minimum atomic E-state index is -0.385. The van der Waals surface area contributed by atoms with Gasteiger partial charge < -0.3 is 16.4 Å². The molecule has 0 saturated carbocycles. The molecule has 0 saturated heterocycles. The molecular formula is C15H32ClN3O2. The van der Waals surface area contributed by atoms with Gasteiger partial charge in [-0.2, -0.15) is 0 Å². The van der Waals surface area contributed by atoms with E-state index in [-0.39, 0.29) is 35.7 Å². The van der Waals surface area contributed by atoms with E-state index >= 15 is 0 Å². The fourth-order valence-corrected chi connectivity index (χ4v) is 1.80. The second kappa shape index (κ2) is 10.9. The van der Waals surface area contributed by atoms with Crippen molar-refractivity contribution in [3.63, 3.8) is 0 Å². The van der Waals surface area contributed by atoms with Crippen LogP contribution in [0.15, 0.2) is 0 Å². The molecule has 21 heavy (non-hydrogen) atoms. The van der Waals surface area contributed by atoms with Crippen molar-refractivity contribution < 1.29 is 9.59 Å². The van der Waals surface area contributed by atoms with Crippen LogP contribution in [-0.2, 0) is 9.59 Å². The molecule has 0 rings (SSSR count). The molecule has 0 aliphatic carbocycles. The van der Waals surface area contributed by atoms with Gasteiger partial charge in [-0.25, -0.2) is 0 Å². The maximum atomic E-state index is 11.8. The van der Waals surface area contributed by atoms with Gasteiger partial charge in [0, 0.05) is 31.0 Å². The Bertz CT molecular complexity index is 315. The monoisotopic (exact) mass is 321 g/mol. The molecule has 126 valence electrons. The van der Waals surface area contributed by atoms with Gasteiger partial charge in [-0.3, -0.25) is 9.59 Å². The van der Waals surface area contributed by atoms with Crippen LogP contribution in [0.5, 0.6) is 0 Å². The predicted octanol–water partition coefficient (Wildman–Crippen LogP) is 1.84. The van der Waals surface area contributed by atoms with Gasteiger partial charge >= 0.3 is 0 Å². The quantitative estimate of drug-likeness (QED) is 0.596. The molecule has 0 radical (unpaired) electrons. The number of rotatable bonds is 8. The largest absolute Gasteiger partial charge is 0.356 e. The van der Waals surface area contributed by atoms with E-state index in [4.69, 9.17) is 5.73 Å². The van der Waals surface area contributed by atoms with Crippen molar-refractivity contribution in [3.8, 4) is 0 Å². The summed E-state index contributed by atoms with van der Waals surface area (Å²) in [4.78, 5) is 23.4. The fraction of sp³-hybridized carbons (Fsp3) is 0.867. The second-order valence-corrected chi connectivity index (χ2v) is 6.74. The molecule has 0 bridgehead atoms. The van der Waals surface area contributed by atoms with Gasteiger partial charge in [-0.1, -0.05) is 34.6 Å². The Kier molecular flexibility index (Phi) is 11.6. The lowest BCUT2D eigenvalue weighted by atomic mass is 9.96. The summed E-state index contributed by atoms with van der Waals surface area (Å²) in [6.45, 7) is 10.8. The molecule has 1 unspecified atom stereocenters. The van der Waals surface area contributed by atoms with Crippen molar-refractivity contribution in [3.05, 3.63) is 0 Å². The number of carbonyl (C=O) groups is 2. The summed E-state index contributed by atoms with van der Waals surface area (Å²) in [6.07, 6.45) is 1.95. The van der Waals surface area contributed by atoms with Gasteiger partial charge in [-0.05, 0) is 18.8 Å². The van der Waals surface area contributed by atoms with E-state index in [1.807, 2.05) is 20.8 Å². The van der Waals surface area contributed by atoms with Gasteiger partial charge in [-0.15, -0.1) is 12.4 Å². The molecule has 1 atom stereocenters. The van der Waals surface area contributed by atoms with Gasteiger partial charge in [0.1, 0.15) is 0 Å². The third-order valence-electron chi connectivity index (χ3n) is 2.95. The highest BCUT2D eigenvalue weighted by Crippen LogP contribution is 2.12. The fourth-order valence-electron chi connectivity index (χ4n) is 1.80. The van der Waals surface area contributed by atoms with Crippen molar-refractivity contribution in [1.29, 1.82) is 0 Å². The van der Waals surface area contributed by atoms with Crippen LogP contribution >= 0.6 is 12.4 Å². The van der Waals surface area contributed by atoms with Crippen LogP contribution in [-0.4, -0.2) is 30.9 Å². The van der Waals surface area contributed by atoms with E-state index in [2.05, 4.69) is 24.5 Å². The van der Waals surface area contributed by atoms with Crippen LogP contribution in [0.1, 0.15) is 53.9 Å². The topological polar surface area (TPSA) is 84.2 Å². The van der Waals surface area contributed by atoms with E-state index in [1.165, 1.54) is 0 Å². The predicted molar refractivity (Wildman–Crippen MR) is 89.4 cm³/mol.